The Morgan fingerprint density at radius 3 is 2.87 bits per heavy atom. The van der Waals surface area contributed by atoms with Gasteiger partial charge in [0.2, 0.25) is 5.56 Å². The number of carbonyl (C=O) groups excluding carboxylic acids is 1. The Labute approximate surface area is 139 Å². The highest BCUT2D eigenvalue weighted by Gasteiger charge is 2.30. The molecule has 23 heavy (non-hydrogen) atoms. The number of hydrogen-bond acceptors (Lipinski definition) is 3. The number of hydrogen-bond donors (Lipinski definition) is 2. The molecule has 0 radical (unpaired) electrons. The van der Waals surface area contributed by atoms with E-state index in [2.05, 4.69) is 10.3 Å². The number of aromatic nitrogens is 1. The second kappa shape index (κ2) is 6.56. The van der Waals surface area contributed by atoms with Crippen molar-refractivity contribution in [2.45, 2.75) is 13.0 Å². The lowest BCUT2D eigenvalue weighted by Crippen LogP contribution is -2.49. The van der Waals surface area contributed by atoms with E-state index in [9.17, 15) is 9.59 Å². The molecule has 2 aromatic rings. The lowest BCUT2D eigenvalue weighted by molar-refractivity contribution is 0.0633. The van der Waals surface area contributed by atoms with Crippen molar-refractivity contribution in [1.82, 2.24) is 15.2 Å². The van der Waals surface area contributed by atoms with Gasteiger partial charge in [-0.25, -0.2) is 0 Å². The fourth-order valence-electron chi connectivity index (χ4n) is 2.93. The third kappa shape index (κ3) is 3.16. The van der Waals surface area contributed by atoms with Gasteiger partial charge in [-0.05, 0) is 24.1 Å². The van der Waals surface area contributed by atoms with Crippen molar-refractivity contribution in [3.8, 4) is 0 Å². The van der Waals surface area contributed by atoms with Crippen LogP contribution in [-0.2, 0) is 0 Å². The number of halogens is 1. The maximum absolute atomic E-state index is 13.0. The van der Waals surface area contributed by atoms with Gasteiger partial charge in [0, 0.05) is 36.9 Å². The maximum Gasteiger partial charge on any atom is 0.256 e. The molecule has 1 unspecified atom stereocenters. The maximum atomic E-state index is 13.0. The molecule has 3 rings (SSSR count). The summed E-state index contributed by atoms with van der Waals surface area (Å²) in [5.41, 5.74) is 1.91. The molecular formula is C17H18ClN3O2. The van der Waals surface area contributed by atoms with Crippen LogP contribution in [0.5, 0.6) is 0 Å². The summed E-state index contributed by atoms with van der Waals surface area (Å²) >= 11 is 6.31. The molecule has 120 valence electrons. The van der Waals surface area contributed by atoms with E-state index in [0.29, 0.717) is 29.2 Å². The topological polar surface area (TPSA) is 65.2 Å². The molecule has 0 bridgehead atoms. The summed E-state index contributed by atoms with van der Waals surface area (Å²) in [5.74, 6) is -0.0924. The van der Waals surface area contributed by atoms with Crippen LogP contribution in [0.25, 0.3) is 0 Å². The molecule has 1 aromatic heterocycles. The van der Waals surface area contributed by atoms with Crippen molar-refractivity contribution in [3.05, 3.63) is 68.6 Å². The van der Waals surface area contributed by atoms with E-state index < -0.39 is 0 Å². The number of amides is 1. The van der Waals surface area contributed by atoms with Crippen molar-refractivity contribution in [1.29, 1.82) is 0 Å². The minimum Gasteiger partial charge on any atom is -0.329 e. The molecule has 2 N–H and O–H groups in total. The zero-order chi connectivity index (χ0) is 16.4. The molecule has 1 atom stereocenters. The predicted octanol–water partition coefficient (Wildman–Crippen LogP) is 2.12. The summed E-state index contributed by atoms with van der Waals surface area (Å²) in [5, 5.41) is 3.96. The molecule has 6 heteroatoms. The smallest absolute Gasteiger partial charge is 0.256 e. The Hall–Kier alpha value is -2.11. The first-order valence-corrected chi connectivity index (χ1v) is 7.91. The Balaban J connectivity index is 1.97. The highest BCUT2D eigenvalue weighted by molar-refractivity contribution is 6.31. The summed E-state index contributed by atoms with van der Waals surface area (Å²) in [6.07, 6.45) is 1.49. The van der Waals surface area contributed by atoms with Crippen LogP contribution in [0.15, 0.2) is 41.3 Å². The number of nitrogens with zero attached hydrogens (tertiary/aromatic N) is 1. The van der Waals surface area contributed by atoms with Crippen LogP contribution < -0.4 is 10.9 Å². The number of piperazine rings is 1. The van der Waals surface area contributed by atoms with Crippen LogP contribution in [0.3, 0.4) is 0 Å². The van der Waals surface area contributed by atoms with Gasteiger partial charge in [0.1, 0.15) is 0 Å². The fraction of sp³-hybridized carbons (Fsp3) is 0.294. The highest BCUT2D eigenvalue weighted by atomic mass is 35.5. The molecule has 0 aliphatic carbocycles. The monoisotopic (exact) mass is 331 g/mol. The largest absolute Gasteiger partial charge is 0.329 e. The van der Waals surface area contributed by atoms with E-state index in [1.165, 1.54) is 12.3 Å². The van der Waals surface area contributed by atoms with Crippen LogP contribution in [0.2, 0.25) is 5.02 Å². The van der Waals surface area contributed by atoms with Crippen LogP contribution >= 0.6 is 11.6 Å². The Morgan fingerprint density at radius 1 is 1.35 bits per heavy atom. The van der Waals surface area contributed by atoms with E-state index >= 15 is 0 Å². The molecule has 1 saturated heterocycles. The Kier molecular flexibility index (Phi) is 4.50. The fourth-order valence-corrected chi connectivity index (χ4v) is 3.19. The Morgan fingerprint density at radius 2 is 2.13 bits per heavy atom. The van der Waals surface area contributed by atoms with E-state index in [4.69, 9.17) is 11.6 Å². The third-order valence-electron chi connectivity index (χ3n) is 4.13. The molecule has 1 aromatic carbocycles. The molecular weight excluding hydrogens is 314 g/mol. The van der Waals surface area contributed by atoms with Gasteiger partial charge in [0.05, 0.1) is 11.6 Å². The number of benzene rings is 1. The molecule has 2 heterocycles. The number of pyridine rings is 1. The highest BCUT2D eigenvalue weighted by Crippen LogP contribution is 2.29. The number of aromatic amines is 1. The average Bonchev–Trinajstić information content (AvgIpc) is 2.55. The van der Waals surface area contributed by atoms with E-state index in [0.717, 1.165) is 12.1 Å². The predicted molar refractivity (Wildman–Crippen MR) is 89.9 cm³/mol. The van der Waals surface area contributed by atoms with Crippen molar-refractivity contribution in [2.75, 3.05) is 19.6 Å². The number of H-pyrrole nitrogens is 1. The normalized spacial score (nSPS) is 18.0. The lowest BCUT2D eigenvalue weighted by Gasteiger charge is -2.37. The molecule has 5 nitrogen and oxygen atoms in total. The quantitative estimate of drug-likeness (QED) is 0.886. The van der Waals surface area contributed by atoms with Gasteiger partial charge in [0.25, 0.3) is 5.91 Å². The van der Waals surface area contributed by atoms with Crippen LogP contribution in [0.1, 0.15) is 27.5 Å². The van der Waals surface area contributed by atoms with Crippen LogP contribution in [-0.4, -0.2) is 35.4 Å². The summed E-state index contributed by atoms with van der Waals surface area (Å²) in [6, 6.07) is 8.89. The number of carbonyl (C=O) groups is 1. The Bertz CT molecular complexity index is 787. The van der Waals surface area contributed by atoms with E-state index in [1.54, 1.807) is 6.92 Å². The van der Waals surface area contributed by atoms with Crippen molar-refractivity contribution >= 4 is 17.5 Å². The van der Waals surface area contributed by atoms with Gasteiger partial charge in [-0.1, -0.05) is 29.8 Å². The van der Waals surface area contributed by atoms with E-state index in [1.807, 2.05) is 29.2 Å². The first-order chi connectivity index (χ1) is 11.1. The van der Waals surface area contributed by atoms with Gasteiger partial charge < -0.3 is 15.2 Å². The third-order valence-corrected chi connectivity index (χ3v) is 4.47. The zero-order valence-electron chi connectivity index (χ0n) is 12.8. The molecule has 1 aliphatic heterocycles. The van der Waals surface area contributed by atoms with Crippen LogP contribution in [0.4, 0.5) is 0 Å². The van der Waals surface area contributed by atoms with Gasteiger partial charge in [0.15, 0.2) is 0 Å². The number of aryl methyl sites for hydroxylation is 1. The molecule has 0 spiro atoms. The van der Waals surface area contributed by atoms with Crippen molar-refractivity contribution in [2.24, 2.45) is 0 Å². The first-order valence-electron chi connectivity index (χ1n) is 7.53. The molecule has 0 saturated carbocycles. The zero-order valence-corrected chi connectivity index (χ0v) is 13.6. The molecule has 1 fully saturated rings. The lowest BCUT2D eigenvalue weighted by atomic mass is 10.0. The van der Waals surface area contributed by atoms with Gasteiger partial charge in [-0.2, -0.15) is 0 Å². The van der Waals surface area contributed by atoms with Gasteiger partial charge in [-0.15, -0.1) is 0 Å². The SMILES string of the molecule is Cc1cc(=O)[nH]cc1C(=O)N1CCNCC1c1ccccc1Cl. The summed E-state index contributed by atoms with van der Waals surface area (Å²) in [7, 11) is 0. The first kappa shape index (κ1) is 15.8. The molecule has 1 amide bonds. The van der Waals surface area contributed by atoms with Gasteiger partial charge in [-0.3, -0.25) is 9.59 Å². The van der Waals surface area contributed by atoms with Gasteiger partial charge >= 0.3 is 0 Å². The average molecular weight is 332 g/mol. The van der Waals surface area contributed by atoms with Crippen molar-refractivity contribution in [3.63, 3.8) is 0 Å². The standard InChI is InChI=1S/C17H18ClN3O2/c1-11-8-16(22)20-9-13(11)17(23)21-7-6-19-10-15(21)12-4-2-3-5-14(12)18/h2-5,8-9,15,19H,6-7,10H2,1H3,(H,20,22). The second-order valence-electron chi connectivity index (χ2n) is 5.63. The number of rotatable bonds is 2. The van der Waals surface area contributed by atoms with E-state index in [-0.39, 0.29) is 17.5 Å². The van der Waals surface area contributed by atoms with Crippen molar-refractivity contribution < 1.29 is 4.79 Å². The number of nitrogens with one attached hydrogen (secondary N) is 2. The minimum absolute atomic E-state index is 0.0924. The minimum atomic E-state index is -0.206. The summed E-state index contributed by atoms with van der Waals surface area (Å²) in [6.45, 7) is 3.75. The van der Waals surface area contributed by atoms with Crippen LogP contribution in [0, 0.1) is 6.92 Å². The summed E-state index contributed by atoms with van der Waals surface area (Å²) < 4.78 is 0. The second-order valence-corrected chi connectivity index (χ2v) is 6.04. The molecule has 1 aliphatic rings. The summed E-state index contributed by atoms with van der Waals surface area (Å²) in [4.78, 5) is 28.7.